The van der Waals surface area contributed by atoms with Crippen LogP contribution in [0, 0.1) is 52.3 Å². The van der Waals surface area contributed by atoms with E-state index in [0.717, 1.165) is 42.9 Å². The molecule has 1 aromatic heterocycles. The molecule has 43 heavy (non-hydrogen) atoms. The van der Waals surface area contributed by atoms with Gasteiger partial charge in [-0.1, -0.05) is 45.7 Å². The Balaban J connectivity index is 1.17. The largest absolute Gasteiger partial charge is 0.477 e. The van der Waals surface area contributed by atoms with Crippen LogP contribution in [-0.4, -0.2) is 54.0 Å². The van der Waals surface area contributed by atoms with Crippen LogP contribution in [0.4, 0.5) is 0 Å². The molecule has 1 aromatic rings. The Morgan fingerprint density at radius 1 is 1.14 bits per heavy atom. The van der Waals surface area contributed by atoms with Gasteiger partial charge in [-0.05, 0) is 116 Å². The lowest BCUT2D eigenvalue weighted by Gasteiger charge is -2.63. The highest BCUT2D eigenvalue weighted by molar-refractivity contribution is 7.85. The molecule has 1 heterocycles. The van der Waals surface area contributed by atoms with Crippen LogP contribution in [0.2, 0.25) is 5.02 Å². The fraction of sp³-hybridized carbons (Fsp3) is 0.818. The van der Waals surface area contributed by atoms with Gasteiger partial charge in [0, 0.05) is 12.7 Å². The third-order valence-electron chi connectivity index (χ3n) is 12.6. The number of nitrogens with one attached hydrogen (secondary N) is 1. The Kier molecular flexibility index (Phi) is 9.78. The second-order valence-corrected chi connectivity index (χ2v) is 16.7. The maximum absolute atomic E-state index is 12.3. The lowest BCUT2D eigenvalue weighted by atomic mass is 9.42. The number of pyridine rings is 1. The summed E-state index contributed by atoms with van der Waals surface area (Å²) < 4.78 is 36.5. The Hall–Kier alpha value is -1.42. The van der Waals surface area contributed by atoms with Crippen LogP contribution in [-0.2, 0) is 10.1 Å². The van der Waals surface area contributed by atoms with Crippen LogP contribution < -0.4 is 10.1 Å². The molecule has 10 heteroatoms. The summed E-state index contributed by atoms with van der Waals surface area (Å²) in [6, 6.07) is 1.46. The van der Waals surface area contributed by atoms with Crippen molar-refractivity contribution in [1.82, 2.24) is 10.3 Å². The van der Waals surface area contributed by atoms with Crippen molar-refractivity contribution >= 4 is 27.6 Å². The number of nitrogens with zero attached hydrogens (tertiary/aromatic N) is 1. The van der Waals surface area contributed by atoms with E-state index in [2.05, 4.69) is 38.0 Å². The fourth-order valence-corrected chi connectivity index (χ4v) is 11.1. The number of aliphatic hydroxyl groups is 1. The summed E-state index contributed by atoms with van der Waals surface area (Å²) in [6.45, 7) is 10.2. The second-order valence-electron chi connectivity index (χ2n) is 14.7. The maximum atomic E-state index is 12.3. The van der Waals surface area contributed by atoms with Crippen molar-refractivity contribution in [3.05, 3.63) is 22.8 Å². The van der Waals surface area contributed by atoms with E-state index in [1.807, 2.05) is 0 Å². The van der Waals surface area contributed by atoms with Crippen molar-refractivity contribution in [3.8, 4) is 5.88 Å². The molecule has 4 aliphatic rings. The fourth-order valence-electron chi connectivity index (χ4n) is 10.5. The lowest BCUT2D eigenvalue weighted by molar-refractivity contribution is -0.152. The quantitative estimate of drug-likeness (QED) is 0.253. The SMILES string of the molecule is CC[C@H]1C[C@@H]2[C@H](CC[C@]3(C)[C@@H]([C@H](C)CCOc4ncc(C(=O)NCCS(=O)(=O)O)cc4Cl)CC[C@@H]23)[C@@]2(C)CC[C@@H](O)C[C@@H]12. The zero-order chi connectivity index (χ0) is 31.2. The van der Waals surface area contributed by atoms with Crippen LogP contribution in [0.15, 0.2) is 12.3 Å². The average Bonchev–Trinajstić information content (AvgIpc) is 3.30. The third-order valence-corrected chi connectivity index (χ3v) is 13.6. The van der Waals surface area contributed by atoms with E-state index in [9.17, 15) is 18.3 Å². The zero-order valence-corrected chi connectivity index (χ0v) is 27.8. The summed E-state index contributed by atoms with van der Waals surface area (Å²) in [5, 5.41) is 13.2. The van der Waals surface area contributed by atoms with Crippen LogP contribution in [0.25, 0.3) is 0 Å². The number of carbonyl (C=O) groups is 1. The van der Waals surface area contributed by atoms with E-state index in [-0.39, 0.29) is 29.1 Å². The van der Waals surface area contributed by atoms with Gasteiger partial charge in [0.1, 0.15) is 5.02 Å². The Morgan fingerprint density at radius 2 is 1.86 bits per heavy atom. The molecule has 10 atom stereocenters. The van der Waals surface area contributed by atoms with Crippen LogP contribution in [0.5, 0.6) is 5.88 Å². The molecule has 0 spiro atoms. The van der Waals surface area contributed by atoms with E-state index < -0.39 is 21.8 Å². The first-order valence-electron chi connectivity index (χ1n) is 16.5. The molecule has 0 aromatic carbocycles. The average molecular weight is 639 g/mol. The predicted octanol–water partition coefficient (Wildman–Crippen LogP) is 6.41. The number of halogens is 1. The van der Waals surface area contributed by atoms with E-state index in [1.165, 1.54) is 57.2 Å². The normalized spacial score (nSPS) is 38.0. The number of fused-ring (bicyclic) bond motifs is 5. The standard InChI is InChI=1S/C33H51ClN2O6S/c1-5-21-16-24-26-7-6-25(32(26,3)12-9-27(24)33(4)11-8-23(37)18-28(21)33)20(2)10-14-42-31-29(34)17-22(19-36-31)30(38)35-13-15-43(39,40)41/h17,19-21,23-28,37H,5-16,18H2,1-4H3,(H,35,38)(H,39,40,41)/t20-,21+,23-,24+,25-,26+,27+,28+,32-,33-/m1/s1. The number of carbonyl (C=O) groups excluding carboxylic acids is 1. The molecule has 3 N–H and O–H groups in total. The molecule has 4 aliphatic carbocycles. The van der Waals surface area contributed by atoms with E-state index in [4.69, 9.17) is 20.9 Å². The number of aromatic nitrogens is 1. The summed E-state index contributed by atoms with van der Waals surface area (Å²) in [6.07, 6.45) is 13.1. The molecule has 4 saturated carbocycles. The highest BCUT2D eigenvalue weighted by atomic mass is 35.5. The van der Waals surface area contributed by atoms with Gasteiger partial charge in [-0.2, -0.15) is 8.42 Å². The number of rotatable bonds is 10. The molecule has 0 bridgehead atoms. The Morgan fingerprint density at radius 3 is 2.56 bits per heavy atom. The van der Waals surface area contributed by atoms with Crippen molar-refractivity contribution in [2.24, 2.45) is 52.3 Å². The number of aliphatic hydroxyl groups excluding tert-OH is 1. The van der Waals surface area contributed by atoms with Gasteiger partial charge in [0.15, 0.2) is 0 Å². The van der Waals surface area contributed by atoms with Gasteiger partial charge in [0.2, 0.25) is 5.88 Å². The molecule has 4 fully saturated rings. The lowest BCUT2D eigenvalue weighted by Crippen LogP contribution is -2.56. The van der Waals surface area contributed by atoms with Crippen molar-refractivity contribution < 1.29 is 27.6 Å². The van der Waals surface area contributed by atoms with E-state index >= 15 is 0 Å². The smallest absolute Gasteiger partial charge is 0.266 e. The third kappa shape index (κ3) is 6.61. The maximum Gasteiger partial charge on any atom is 0.266 e. The van der Waals surface area contributed by atoms with Gasteiger partial charge >= 0.3 is 0 Å². The molecule has 0 radical (unpaired) electrons. The molecule has 5 rings (SSSR count). The summed E-state index contributed by atoms with van der Waals surface area (Å²) >= 11 is 6.37. The van der Waals surface area contributed by atoms with Gasteiger partial charge < -0.3 is 15.2 Å². The first-order valence-corrected chi connectivity index (χ1v) is 18.4. The van der Waals surface area contributed by atoms with Crippen LogP contribution in [0.1, 0.15) is 102 Å². The summed E-state index contributed by atoms with van der Waals surface area (Å²) in [5.74, 6) is 4.17. The van der Waals surface area contributed by atoms with Gasteiger partial charge in [-0.25, -0.2) is 4.98 Å². The topological polar surface area (TPSA) is 126 Å². The van der Waals surface area contributed by atoms with Crippen LogP contribution in [0.3, 0.4) is 0 Å². The number of ether oxygens (including phenoxy) is 1. The molecular weight excluding hydrogens is 588 g/mol. The highest BCUT2D eigenvalue weighted by Gasteiger charge is 2.62. The predicted molar refractivity (Wildman–Crippen MR) is 168 cm³/mol. The van der Waals surface area contributed by atoms with Gasteiger partial charge in [-0.15, -0.1) is 0 Å². The molecule has 0 aliphatic heterocycles. The van der Waals surface area contributed by atoms with Crippen molar-refractivity contribution in [3.63, 3.8) is 0 Å². The molecule has 1 amide bonds. The number of amides is 1. The Bertz CT molecular complexity index is 1280. The van der Waals surface area contributed by atoms with Crippen LogP contribution >= 0.6 is 11.6 Å². The number of hydrogen-bond acceptors (Lipinski definition) is 6. The molecule has 242 valence electrons. The summed E-state index contributed by atoms with van der Waals surface area (Å²) in [4.78, 5) is 16.5. The zero-order valence-electron chi connectivity index (χ0n) is 26.2. The van der Waals surface area contributed by atoms with Gasteiger partial charge in [0.25, 0.3) is 16.0 Å². The summed E-state index contributed by atoms with van der Waals surface area (Å²) in [7, 11) is -4.15. The second kappa shape index (κ2) is 12.8. The monoisotopic (exact) mass is 638 g/mol. The minimum absolute atomic E-state index is 0.107. The van der Waals surface area contributed by atoms with Gasteiger partial charge in [-0.3, -0.25) is 9.35 Å². The molecule has 0 unspecified atom stereocenters. The minimum atomic E-state index is -4.15. The molecular formula is C33H51ClN2O6S. The van der Waals surface area contributed by atoms with Gasteiger partial charge in [0.05, 0.1) is 24.0 Å². The van der Waals surface area contributed by atoms with Crippen molar-refractivity contribution in [2.45, 2.75) is 98.0 Å². The minimum Gasteiger partial charge on any atom is -0.477 e. The first kappa shape index (κ1) is 33.0. The van der Waals surface area contributed by atoms with E-state index in [0.29, 0.717) is 35.2 Å². The number of hydrogen-bond donors (Lipinski definition) is 3. The van der Waals surface area contributed by atoms with Crippen molar-refractivity contribution in [2.75, 3.05) is 18.9 Å². The van der Waals surface area contributed by atoms with E-state index in [1.54, 1.807) is 0 Å². The molecule has 8 nitrogen and oxygen atoms in total. The van der Waals surface area contributed by atoms with Crippen molar-refractivity contribution in [1.29, 1.82) is 0 Å². The highest BCUT2D eigenvalue weighted by Crippen LogP contribution is 2.69. The molecule has 0 saturated heterocycles. The first-order chi connectivity index (χ1) is 20.3. The Labute approximate surface area is 262 Å². The summed E-state index contributed by atoms with van der Waals surface area (Å²) in [5.41, 5.74) is 0.931.